The van der Waals surface area contributed by atoms with Gasteiger partial charge in [-0.15, -0.1) is 0 Å². The molecular formula is C14H16BrNO4. The van der Waals surface area contributed by atoms with Crippen LogP contribution < -0.4 is 5.32 Å². The second-order valence-electron chi connectivity index (χ2n) is 4.15. The van der Waals surface area contributed by atoms with E-state index in [2.05, 4.69) is 27.8 Å². The summed E-state index contributed by atoms with van der Waals surface area (Å²) in [6, 6.07) is 7.83. The number of methoxy groups -OCH3 is 1. The summed E-state index contributed by atoms with van der Waals surface area (Å²) in [4.78, 5) is 23.2. The first kappa shape index (κ1) is 16.4. The summed E-state index contributed by atoms with van der Waals surface area (Å²) in [5.74, 6) is -1.62. The Labute approximate surface area is 125 Å². The molecule has 0 heterocycles. The fourth-order valence-corrected chi connectivity index (χ4v) is 2.02. The average Bonchev–Trinajstić information content (AvgIpc) is 2.39. The quantitative estimate of drug-likeness (QED) is 0.797. The summed E-state index contributed by atoms with van der Waals surface area (Å²) in [6.07, 6.45) is -0.742. The number of nitrogens with one attached hydrogen (secondary N) is 1. The number of carbonyl (C=O) groups is 2. The van der Waals surface area contributed by atoms with E-state index in [1.54, 1.807) is 24.3 Å². The topological polar surface area (TPSA) is 75.6 Å². The third-order valence-corrected chi connectivity index (χ3v) is 2.94. The number of ether oxygens (including phenoxy) is 1. The van der Waals surface area contributed by atoms with Crippen molar-refractivity contribution < 1.29 is 19.4 Å². The Kier molecular flexibility index (Phi) is 6.41. The van der Waals surface area contributed by atoms with Crippen molar-refractivity contribution >= 4 is 27.8 Å². The minimum Gasteiger partial charge on any atom is -0.480 e. The van der Waals surface area contributed by atoms with E-state index >= 15 is 0 Å². The summed E-state index contributed by atoms with van der Waals surface area (Å²) >= 11 is 3.09. The molecule has 0 saturated heterocycles. The second-order valence-corrected chi connectivity index (χ2v) is 5.27. The van der Waals surface area contributed by atoms with Crippen molar-refractivity contribution in [3.63, 3.8) is 0 Å². The predicted molar refractivity (Wildman–Crippen MR) is 78.4 cm³/mol. The monoisotopic (exact) mass is 341 g/mol. The first-order valence-corrected chi connectivity index (χ1v) is 6.69. The van der Waals surface area contributed by atoms with Crippen LogP contribution in [0.4, 0.5) is 0 Å². The van der Waals surface area contributed by atoms with E-state index in [1.165, 1.54) is 7.11 Å². The second kappa shape index (κ2) is 7.81. The number of hydrogen-bond donors (Lipinski definition) is 2. The Balaban J connectivity index is 2.81. The molecule has 0 aromatic heterocycles. The number of aliphatic carboxylic acids is 1. The van der Waals surface area contributed by atoms with Gasteiger partial charge in [0.15, 0.2) is 6.10 Å². The molecule has 20 heavy (non-hydrogen) atoms. The minimum absolute atomic E-state index is 0.103. The molecule has 0 saturated carbocycles. The molecule has 0 aliphatic rings. The molecule has 0 unspecified atom stereocenters. The average molecular weight is 342 g/mol. The van der Waals surface area contributed by atoms with Gasteiger partial charge in [0.2, 0.25) is 0 Å². The van der Waals surface area contributed by atoms with Crippen molar-refractivity contribution in [3.8, 4) is 0 Å². The lowest BCUT2D eigenvalue weighted by Gasteiger charge is -2.19. The predicted octanol–water partition coefficient (Wildman–Crippen LogP) is 2.24. The van der Waals surface area contributed by atoms with Gasteiger partial charge in [-0.25, -0.2) is 4.79 Å². The molecule has 0 radical (unpaired) electrons. The Hall–Kier alpha value is -1.66. The lowest BCUT2D eigenvalue weighted by atomic mass is 10.1. The van der Waals surface area contributed by atoms with E-state index in [9.17, 15) is 9.59 Å². The van der Waals surface area contributed by atoms with Crippen LogP contribution in [0.3, 0.4) is 0 Å². The molecule has 108 valence electrons. The van der Waals surface area contributed by atoms with E-state index in [0.29, 0.717) is 10.0 Å². The smallest absolute Gasteiger partial charge is 0.326 e. The van der Waals surface area contributed by atoms with Gasteiger partial charge in [0.05, 0.1) is 0 Å². The highest BCUT2D eigenvalue weighted by Crippen LogP contribution is 2.17. The number of halogens is 1. The van der Waals surface area contributed by atoms with Crippen molar-refractivity contribution in [1.29, 1.82) is 0 Å². The summed E-state index contributed by atoms with van der Waals surface area (Å²) in [5, 5.41) is 11.5. The highest BCUT2D eigenvalue weighted by Gasteiger charge is 2.26. The zero-order valence-electron chi connectivity index (χ0n) is 11.0. The van der Waals surface area contributed by atoms with E-state index < -0.39 is 24.0 Å². The third kappa shape index (κ3) is 4.79. The van der Waals surface area contributed by atoms with Gasteiger partial charge in [-0.2, -0.15) is 0 Å². The van der Waals surface area contributed by atoms with Crippen LogP contribution >= 0.6 is 15.9 Å². The number of carboxylic acid groups (broad SMARTS) is 1. The highest BCUT2D eigenvalue weighted by atomic mass is 79.9. The Morgan fingerprint density at radius 1 is 1.40 bits per heavy atom. The first-order valence-electron chi connectivity index (χ1n) is 5.90. The summed E-state index contributed by atoms with van der Waals surface area (Å²) < 4.78 is 5.64. The van der Waals surface area contributed by atoms with Gasteiger partial charge >= 0.3 is 5.97 Å². The van der Waals surface area contributed by atoms with Crippen LogP contribution in [-0.4, -0.2) is 30.1 Å². The van der Waals surface area contributed by atoms with Crippen LogP contribution in [0.1, 0.15) is 18.1 Å². The largest absolute Gasteiger partial charge is 0.480 e. The van der Waals surface area contributed by atoms with Gasteiger partial charge in [0.25, 0.3) is 5.91 Å². The number of carboxylic acids is 1. The van der Waals surface area contributed by atoms with Crippen LogP contribution in [0, 0.1) is 0 Å². The molecule has 1 aromatic rings. The number of hydrogen-bond acceptors (Lipinski definition) is 3. The van der Waals surface area contributed by atoms with Gasteiger partial charge in [0.1, 0.15) is 6.04 Å². The highest BCUT2D eigenvalue weighted by molar-refractivity contribution is 9.11. The normalized spacial score (nSPS) is 13.3. The molecule has 5 nitrogen and oxygen atoms in total. The van der Waals surface area contributed by atoms with Crippen LogP contribution in [0.2, 0.25) is 0 Å². The number of amides is 1. The molecule has 0 spiro atoms. The van der Waals surface area contributed by atoms with Gasteiger partial charge < -0.3 is 15.2 Å². The fraction of sp³-hybridized carbons (Fsp3) is 0.286. The van der Waals surface area contributed by atoms with Crippen molar-refractivity contribution in [2.75, 3.05) is 7.11 Å². The van der Waals surface area contributed by atoms with Crippen molar-refractivity contribution in [1.82, 2.24) is 5.32 Å². The molecule has 0 aliphatic carbocycles. The third-order valence-electron chi connectivity index (χ3n) is 2.62. The van der Waals surface area contributed by atoms with E-state index in [4.69, 9.17) is 9.84 Å². The van der Waals surface area contributed by atoms with Crippen LogP contribution in [0.15, 0.2) is 41.4 Å². The van der Waals surface area contributed by atoms with Crippen LogP contribution in [-0.2, 0) is 14.3 Å². The van der Waals surface area contributed by atoms with Crippen molar-refractivity contribution in [2.45, 2.75) is 18.6 Å². The maximum atomic E-state index is 12.1. The zero-order valence-corrected chi connectivity index (χ0v) is 12.6. The van der Waals surface area contributed by atoms with Crippen LogP contribution in [0.5, 0.6) is 0 Å². The minimum atomic E-state index is -1.12. The Morgan fingerprint density at radius 3 is 2.45 bits per heavy atom. The molecule has 0 fully saturated rings. The molecule has 2 N–H and O–H groups in total. The SMILES string of the molecule is C=C(Br)C[C@H](NC(=O)[C@H](OC)c1ccccc1)C(=O)O. The van der Waals surface area contributed by atoms with Gasteiger partial charge in [0, 0.05) is 13.5 Å². The van der Waals surface area contributed by atoms with Crippen molar-refractivity contribution in [3.05, 3.63) is 47.0 Å². The number of carbonyl (C=O) groups excluding carboxylic acids is 1. The molecule has 1 rings (SSSR count). The van der Waals surface area contributed by atoms with Gasteiger partial charge in [-0.1, -0.05) is 52.8 Å². The molecule has 2 atom stereocenters. The standard InChI is InChI=1S/C14H16BrNO4/c1-9(15)8-11(14(18)19)16-13(17)12(20-2)10-6-4-3-5-7-10/h3-7,11-12H,1,8H2,2H3,(H,16,17)(H,18,19)/t11-,12+/m0/s1. The van der Waals surface area contributed by atoms with Crippen LogP contribution in [0.25, 0.3) is 0 Å². The fourth-order valence-electron chi connectivity index (χ4n) is 1.69. The maximum Gasteiger partial charge on any atom is 0.326 e. The van der Waals surface area contributed by atoms with E-state index in [-0.39, 0.29) is 6.42 Å². The summed E-state index contributed by atoms with van der Waals surface area (Å²) in [6.45, 7) is 3.58. The number of rotatable bonds is 7. The Bertz CT molecular complexity index is 489. The maximum absolute atomic E-state index is 12.1. The zero-order chi connectivity index (χ0) is 15.1. The van der Waals surface area contributed by atoms with E-state index in [1.807, 2.05) is 6.07 Å². The summed E-state index contributed by atoms with van der Waals surface area (Å²) in [5.41, 5.74) is 0.661. The molecule has 6 heteroatoms. The molecule has 1 aromatic carbocycles. The summed E-state index contributed by atoms with van der Waals surface area (Å²) in [7, 11) is 1.40. The molecule has 1 amide bonds. The first-order chi connectivity index (χ1) is 9.45. The Morgan fingerprint density at radius 2 is 2.00 bits per heavy atom. The lowest BCUT2D eigenvalue weighted by Crippen LogP contribution is -2.43. The van der Waals surface area contributed by atoms with Gasteiger partial charge in [-0.3, -0.25) is 4.79 Å². The lowest BCUT2D eigenvalue weighted by molar-refractivity contribution is -0.144. The van der Waals surface area contributed by atoms with Crippen molar-refractivity contribution in [2.24, 2.45) is 0 Å². The molecule has 0 aliphatic heterocycles. The van der Waals surface area contributed by atoms with E-state index in [0.717, 1.165) is 0 Å². The molecule has 0 bridgehead atoms. The molecular weight excluding hydrogens is 326 g/mol. The van der Waals surface area contributed by atoms with Gasteiger partial charge in [-0.05, 0) is 10.0 Å². The number of benzene rings is 1.